The highest BCUT2D eigenvalue weighted by Crippen LogP contribution is 2.16. The molecular formula is C15H17NO2. The fourth-order valence-corrected chi connectivity index (χ4v) is 1.65. The highest BCUT2D eigenvalue weighted by atomic mass is 16.5. The Morgan fingerprint density at radius 1 is 0.944 bits per heavy atom. The van der Waals surface area contributed by atoms with Gasteiger partial charge in [0.1, 0.15) is 18.1 Å². The van der Waals surface area contributed by atoms with Gasteiger partial charge in [0, 0.05) is 6.54 Å². The first-order valence-electron chi connectivity index (χ1n) is 5.86. The molecule has 2 aromatic rings. The minimum atomic E-state index is 0.527. The van der Waals surface area contributed by atoms with E-state index in [-0.39, 0.29) is 0 Å². The van der Waals surface area contributed by atoms with Crippen molar-refractivity contribution in [3.8, 4) is 11.5 Å². The second-order valence-electron chi connectivity index (χ2n) is 3.99. The lowest BCUT2D eigenvalue weighted by molar-refractivity contribution is 0.305. The molecule has 2 rings (SSSR count). The van der Waals surface area contributed by atoms with Gasteiger partial charge in [-0.2, -0.15) is 0 Å². The van der Waals surface area contributed by atoms with Gasteiger partial charge in [0.2, 0.25) is 0 Å². The lowest BCUT2D eigenvalue weighted by Gasteiger charge is -2.08. The van der Waals surface area contributed by atoms with Crippen LogP contribution in [0.5, 0.6) is 11.5 Å². The van der Waals surface area contributed by atoms with Crippen molar-refractivity contribution in [2.24, 2.45) is 5.73 Å². The van der Waals surface area contributed by atoms with Crippen molar-refractivity contribution in [2.75, 3.05) is 7.11 Å². The van der Waals surface area contributed by atoms with E-state index in [0.29, 0.717) is 13.2 Å². The second kappa shape index (κ2) is 6.07. The molecule has 0 aliphatic heterocycles. The maximum absolute atomic E-state index is 5.69. The number of nitrogens with two attached hydrogens (primary N) is 1. The van der Waals surface area contributed by atoms with Crippen molar-refractivity contribution in [1.82, 2.24) is 0 Å². The minimum Gasteiger partial charge on any atom is -0.497 e. The first kappa shape index (κ1) is 12.5. The third kappa shape index (κ3) is 3.25. The molecule has 2 N–H and O–H groups in total. The largest absolute Gasteiger partial charge is 0.497 e. The Morgan fingerprint density at radius 3 is 2.39 bits per heavy atom. The number of methoxy groups -OCH3 is 1. The molecule has 0 aliphatic rings. The van der Waals surface area contributed by atoms with Crippen LogP contribution in [0.3, 0.4) is 0 Å². The summed E-state index contributed by atoms with van der Waals surface area (Å²) in [5, 5.41) is 0. The van der Waals surface area contributed by atoms with E-state index in [1.54, 1.807) is 7.11 Å². The van der Waals surface area contributed by atoms with Crippen LogP contribution >= 0.6 is 0 Å². The smallest absolute Gasteiger partial charge is 0.119 e. The van der Waals surface area contributed by atoms with Crippen LogP contribution in [-0.2, 0) is 13.2 Å². The number of ether oxygens (including phenoxy) is 2. The zero-order valence-electron chi connectivity index (χ0n) is 10.4. The van der Waals surface area contributed by atoms with Crippen LogP contribution in [0.4, 0.5) is 0 Å². The summed E-state index contributed by atoms with van der Waals surface area (Å²) in [7, 11) is 1.66. The van der Waals surface area contributed by atoms with Gasteiger partial charge in [-0.05, 0) is 35.4 Å². The zero-order chi connectivity index (χ0) is 12.8. The van der Waals surface area contributed by atoms with Crippen LogP contribution in [0.15, 0.2) is 48.5 Å². The van der Waals surface area contributed by atoms with Crippen molar-refractivity contribution < 1.29 is 9.47 Å². The molecule has 0 aromatic heterocycles. The topological polar surface area (TPSA) is 44.5 Å². The molecule has 3 nitrogen and oxygen atoms in total. The molecule has 0 heterocycles. The van der Waals surface area contributed by atoms with Crippen molar-refractivity contribution in [1.29, 1.82) is 0 Å². The highest BCUT2D eigenvalue weighted by molar-refractivity contribution is 5.30. The van der Waals surface area contributed by atoms with Gasteiger partial charge in [-0.25, -0.2) is 0 Å². The Hall–Kier alpha value is -2.00. The van der Waals surface area contributed by atoms with Gasteiger partial charge in [0.05, 0.1) is 7.11 Å². The molecule has 18 heavy (non-hydrogen) atoms. The molecule has 0 aliphatic carbocycles. The molecule has 0 amide bonds. The molecule has 0 unspecified atom stereocenters. The van der Waals surface area contributed by atoms with E-state index >= 15 is 0 Å². The minimum absolute atomic E-state index is 0.527. The monoisotopic (exact) mass is 243 g/mol. The van der Waals surface area contributed by atoms with Crippen molar-refractivity contribution in [3.05, 3.63) is 59.7 Å². The van der Waals surface area contributed by atoms with E-state index in [1.807, 2.05) is 48.5 Å². The van der Waals surface area contributed by atoms with E-state index in [9.17, 15) is 0 Å². The van der Waals surface area contributed by atoms with Crippen LogP contribution in [0.2, 0.25) is 0 Å². The van der Waals surface area contributed by atoms with Gasteiger partial charge in [0.15, 0.2) is 0 Å². The van der Waals surface area contributed by atoms with Crippen molar-refractivity contribution >= 4 is 0 Å². The third-order valence-electron chi connectivity index (χ3n) is 2.70. The van der Waals surface area contributed by atoms with Gasteiger partial charge in [-0.3, -0.25) is 0 Å². The van der Waals surface area contributed by atoms with Crippen LogP contribution in [-0.4, -0.2) is 7.11 Å². The van der Waals surface area contributed by atoms with Gasteiger partial charge >= 0.3 is 0 Å². The molecule has 0 spiro atoms. The summed E-state index contributed by atoms with van der Waals surface area (Å²) in [4.78, 5) is 0. The predicted octanol–water partition coefficient (Wildman–Crippen LogP) is 2.73. The van der Waals surface area contributed by atoms with Crippen LogP contribution in [0.1, 0.15) is 11.1 Å². The van der Waals surface area contributed by atoms with Gasteiger partial charge in [-0.15, -0.1) is 0 Å². The number of hydrogen-bond donors (Lipinski definition) is 1. The molecule has 0 saturated heterocycles. The van der Waals surface area contributed by atoms with Crippen molar-refractivity contribution in [3.63, 3.8) is 0 Å². The lowest BCUT2D eigenvalue weighted by atomic mass is 10.2. The first-order valence-corrected chi connectivity index (χ1v) is 5.86. The summed E-state index contributed by atoms with van der Waals surface area (Å²) in [5.74, 6) is 1.68. The Bertz CT molecular complexity index is 494. The Balaban J connectivity index is 1.97. The quantitative estimate of drug-likeness (QED) is 0.878. The summed E-state index contributed by atoms with van der Waals surface area (Å²) in [6, 6.07) is 15.7. The van der Waals surface area contributed by atoms with Crippen LogP contribution in [0, 0.1) is 0 Å². The molecule has 0 atom stereocenters. The summed E-state index contributed by atoms with van der Waals surface area (Å²) in [5.41, 5.74) is 7.72. The van der Waals surface area contributed by atoms with Gasteiger partial charge in [0.25, 0.3) is 0 Å². The Morgan fingerprint density at radius 2 is 1.72 bits per heavy atom. The molecule has 0 saturated carbocycles. The van der Waals surface area contributed by atoms with Crippen LogP contribution < -0.4 is 15.2 Å². The summed E-state index contributed by atoms with van der Waals surface area (Å²) in [6.07, 6.45) is 0. The maximum Gasteiger partial charge on any atom is 0.119 e. The zero-order valence-corrected chi connectivity index (χ0v) is 10.4. The Kier molecular flexibility index (Phi) is 4.20. The standard InChI is InChI=1S/C15H17NO2/c1-17-15-4-2-3-13(9-15)11-18-14-7-5-12(10-16)6-8-14/h2-9H,10-11,16H2,1H3. The molecule has 0 radical (unpaired) electrons. The Labute approximate surface area is 107 Å². The molecule has 3 heteroatoms. The number of benzene rings is 2. The number of hydrogen-bond acceptors (Lipinski definition) is 3. The van der Waals surface area contributed by atoms with E-state index in [0.717, 1.165) is 22.6 Å². The van der Waals surface area contributed by atoms with Crippen LogP contribution in [0.25, 0.3) is 0 Å². The van der Waals surface area contributed by atoms with Gasteiger partial charge in [-0.1, -0.05) is 24.3 Å². The molecule has 0 bridgehead atoms. The number of rotatable bonds is 5. The van der Waals surface area contributed by atoms with E-state index < -0.39 is 0 Å². The maximum atomic E-state index is 5.69. The fourth-order valence-electron chi connectivity index (χ4n) is 1.65. The van der Waals surface area contributed by atoms with E-state index in [2.05, 4.69) is 0 Å². The van der Waals surface area contributed by atoms with Gasteiger partial charge < -0.3 is 15.2 Å². The average molecular weight is 243 g/mol. The molecule has 0 fully saturated rings. The molecule has 2 aromatic carbocycles. The summed E-state index contributed by atoms with van der Waals surface area (Å²) in [6.45, 7) is 1.08. The van der Waals surface area contributed by atoms with E-state index in [1.165, 1.54) is 0 Å². The first-order chi connectivity index (χ1) is 8.81. The summed E-state index contributed by atoms with van der Waals surface area (Å²) < 4.78 is 10.9. The normalized spacial score (nSPS) is 10.1. The third-order valence-corrected chi connectivity index (χ3v) is 2.70. The SMILES string of the molecule is COc1cccc(COc2ccc(CN)cc2)c1. The highest BCUT2D eigenvalue weighted by Gasteiger charge is 1.98. The fraction of sp³-hybridized carbons (Fsp3) is 0.200. The second-order valence-corrected chi connectivity index (χ2v) is 3.99. The average Bonchev–Trinajstić information content (AvgIpc) is 2.46. The molecular weight excluding hydrogens is 226 g/mol. The van der Waals surface area contributed by atoms with Crippen molar-refractivity contribution in [2.45, 2.75) is 13.2 Å². The lowest BCUT2D eigenvalue weighted by Crippen LogP contribution is -1.98. The predicted molar refractivity (Wildman–Crippen MR) is 71.7 cm³/mol. The summed E-state index contributed by atoms with van der Waals surface area (Å²) >= 11 is 0. The molecule has 94 valence electrons. The van der Waals surface area contributed by atoms with E-state index in [4.69, 9.17) is 15.2 Å².